The number of alkyl halides is 3. The normalized spacial score (nSPS) is 16.5. The average Bonchev–Trinajstić information content (AvgIpc) is 2.98. The first-order valence-electron chi connectivity index (χ1n) is 11.7. The van der Waals surface area contributed by atoms with Crippen LogP contribution in [0.1, 0.15) is 24.0 Å². The topological polar surface area (TPSA) is 84.7 Å². The molecule has 2 atom stereocenters. The van der Waals surface area contributed by atoms with Crippen LogP contribution in [0.5, 0.6) is 5.75 Å². The van der Waals surface area contributed by atoms with Crippen molar-refractivity contribution in [3.63, 3.8) is 0 Å². The molecule has 0 radical (unpaired) electrons. The molecule has 4 rings (SSSR count). The first kappa shape index (κ1) is 28.3. The lowest BCUT2D eigenvalue weighted by Gasteiger charge is -2.28. The molecule has 37 heavy (non-hydrogen) atoms. The number of nitrogens with zero attached hydrogens (tertiary/aromatic N) is 1. The molecule has 0 aliphatic carbocycles. The molecule has 198 valence electrons. The molecule has 1 heterocycles. The van der Waals surface area contributed by atoms with E-state index in [1.165, 1.54) is 6.07 Å². The molecule has 0 aromatic heterocycles. The van der Waals surface area contributed by atoms with Gasteiger partial charge >= 0.3 is 6.18 Å². The van der Waals surface area contributed by atoms with Crippen molar-refractivity contribution in [3.05, 3.63) is 71.8 Å². The summed E-state index contributed by atoms with van der Waals surface area (Å²) < 4.78 is 44.2. The number of carbonyl (C=O) groups is 2. The van der Waals surface area contributed by atoms with E-state index in [4.69, 9.17) is 10.5 Å². The van der Waals surface area contributed by atoms with Gasteiger partial charge in [-0.2, -0.15) is 13.2 Å². The predicted octanol–water partition coefficient (Wildman–Crippen LogP) is 4.76. The molecule has 6 nitrogen and oxygen atoms in total. The van der Waals surface area contributed by atoms with Gasteiger partial charge in [0.1, 0.15) is 5.75 Å². The van der Waals surface area contributed by atoms with Crippen molar-refractivity contribution in [1.29, 1.82) is 0 Å². The summed E-state index contributed by atoms with van der Waals surface area (Å²) in [6.07, 6.45) is -3.14. The maximum Gasteiger partial charge on any atom is 0.422 e. The summed E-state index contributed by atoms with van der Waals surface area (Å²) in [4.78, 5) is 27.3. The van der Waals surface area contributed by atoms with E-state index >= 15 is 0 Å². The maximum atomic E-state index is 13.9. The van der Waals surface area contributed by atoms with E-state index in [0.717, 1.165) is 10.9 Å². The summed E-state index contributed by atoms with van der Waals surface area (Å²) in [5.74, 6) is -1.19. The van der Waals surface area contributed by atoms with E-state index in [9.17, 15) is 22.8 Å². The number of likely N-dealkylation sites (N-methyl/N-ethyl adjacent to an activating group) is 1. The summed E-state index contributed by atoms with van der Waals surface area (Å²) in [6.45, 7) is -1.42. The minimum absolute atomic E-state index is 0. The van der Waals surface area contributed by atoms with Crippen LogP contribution in [0.4, 0.5) is 18.9 Å². The molecule has 3 aromatic carbocycles. The van der Waals surface area contributed by atoms with Crippen LogP contribution in [-0.4, -0.2) is 37.7 Å². The van der Waals surface area contributed by atoms with Gasteiger partial charge in [-0.05, 0) is 54.8 Å². The van der Waals surface area contributed by atoms with Gasteiger partial charge in [0.2, 0.25) is 11.8 Å². The van der Waals surface area contributed by atoms with E-state index < -0.39 is 30.7 Å². The molecule has 0 bridgehead atoms. The molecular formula is C27H29ClF3N3O3. The number of aryl methyl sites for hydroxylation is 1. The van der Waals surface area contributed by atoms with Gasteiger partial charge in [0, 0.05) is 17.2 Å². The molecule has 1 aliphatic rings. The van der Waals surface area contributed by atoms with Crippen LogP contribution in [-0.2, 0) is 22.6 Å². The number of nitrogens with two attached hydrogens (primary N) is 1. The lowest BCUT2D eigenvalue weighted by atomic mass is 9.93. The van der Waals surface area contributed by atoms with Crippen LogP contribution in [0, 0.1) is 5.92 Å². The highest BCUT2D eigenvalue weighted by atomic mass is 35.5. The minimum atomic E-state index is -4.50. The molecule has 10 heteroatoms. The van der Waals surface area contributed by atoms with Crippen LogP contribution < -0.4 is 20.7 Å². The molecule has 0 saturated heterocycles. The number of benzene rings is 3. The Hall–Kier alpha value is -3.30. The molecule has 0 saturated carbocycles. The van der Waals surface area contributed by atoms with Crippen molar-refractivity contribution in [1.82, 2.24) is 5.32 Å². The fourth-order valence-corrected chi connectivity index (χ4v) is 4.75. The summed E-state index contributed by atoms with van der Waals surface area (Å²) in [7, 11) is 1.61. The number of para-hydroxylation sites is 1. The number of ether oxygens (including phenoxy) is 1. The van der Waals surface area contributed by atoms with Crippen molar-refractivity contribution >= 4 is 40.7 Å². The third kappa shape index (κ3) is 6.53. The Kier molecular flexibility index (Phi) is 9.04. The summed E-state index contributed by atoms with van der Waals surface area (Å²) in [5.41, 5.74) is 7.64. The van der Waals surface area contributed by atoms with Gasteiger partial charge in [0.15, 0.2) is 6.61 Å². The van der Waals surface area contributed by atoms with Crippen molar-refractivity contribution < 1.29 is 27.5 Å². The number of fused-ring (bicyclic) bond motifs is 2. The third-order valence-electron chi connectivity index (χ3n) is 6.58. The van der Waals surface area contributed by atoms with Crippen molar-refractivity contribution in [2.24, 2.45) is 11.7 Å². The van der Waals surface area contributed by atoms with Gasteiger partial charge in [-0.25, -0.2) is 0 Å². The average molecular weight is 536 g/mol. The standard InChI is InChI=1S/C27H28F3N3O3.ClH/c1-32-22(25(31)34)14-19-11-10-18-7-3-5-9-23(18)33(26(19)35)15-21-20-8-4-2-6-17(20)12-13-24(21)36-16-27(28,29)30;/h2-9,12-13,19,22,32H,10-11,14-16H2,1H3,(H2,31,34);1H/t19-,22-;/m0./s1. The number of anilines is 1. The largest absolute Gasteiger partial charge is 0.484 e. The Bertz CT molecular complexity index is 1270. The van der Waals surface area contributed by atoms with E-state index in [-0.39, 0.29) is 37.0 Å². The number of hydrogen-bond acceptors (Lipinski definition) is 4. The zero-order valence-corrected chi connectivity index (χ0v) is 21.1. The number of amides is 2. The van der Waals surface area contributed by atoms with Crippen molar-refractivity contribution in [2.75, 3.05) is 18.6 Å². The second kappa shape index (κ2) is 11.8. The van der Waals surface area contributed by atoms with Crippen LogP contribution in [0.15, 0.2) is 60.7 Å². The number of hydrogen-bond donors (Lipinski definition) is 2. The summed E-state index contributed by atoms with van der Waals surface area (Å²) in [5, 5.41) is 4.39. The Morgan fingerprint density at radius 2 is 1.84 bits per heavy atom. The monoisotopic (exact) mass is 535 g/mol. The quantitative estimate of drug-likeness (QED) is 0.435. The molecule has 0 fully saturated rings. The molecule has 0 spiro atoms. The fraction of sp³-hybridized carbons (Fsp3) is 0.333. The number of primary amides is 1. The lowest BCUT2D eigenvalue weighted by molar-refractivity contribution is -0.153. The highest BCUT2D eigenvalue weighted by molar-refractivity contribution is 5.98. The zero-order chi connectivity index (χ0) is 25.9. The maximum absolute atomic E-state index is 13.9. The van der Waals surface area contributed by atoms with Gasteiger partial charge in [0.05, 0.1) is 12.6 Å². The SMILES string of the molecule is CN[C@@H](C[C@@H]1CCc2ccccc2N(Cc2c(OCC(F)(F)F)ccc3ccccc23)C1=O)C(N)=O.Cl. The number of halogens is 4. The second-order valence-corrected chi connectivity index (χ2v) is 8.94. The van der Waals surface area contributed by atoms with Crippen LogP contribution >= 0.6 is 12.4 Å². The Morgan fingerprint density at radius 1 is 1.14 bits per heavy atom. The van der Waals surface area contributed by atoms with Gasteiger partial charge in [0.25, 0.3) is 0 Å². The van der Waals surface area contributed by atoms with E-state index in [1.54, 1.807) is 30.1 Å². The Labute approximate surface area is 219 Å². The molecule has 2 amide bonds. The van der Waals surface area contributed by atoms with Crippen LogP contribution in [0.3, 0.4) is 0 Å². The summed E-state index contributed by atoms with van der Waals surface area (Å²) in [6, 6.07) is 17.3. The highest BCUT2D eigenvalue weighted by Gasteiger charge is 2.34. The van der Waals surface area contributed by atoms with Crippen molar-refractivity contribution in [2.45, 2.75) is 38.0 Å². The molecular weight excluding hydrogens is 507 g/mol. The lowest BCUT2D eigenvalue weighted by Crippen LogP contribution is -2.44. The number of nitrogens with one attached hydrogen (secondary N) is 1. The first-order chi connectivity index (χ1) is 17.2. The van der Waals surface area contributed by atoms with E-state index in [2.05, 4.69) is 5.32 Å². The van der Waals surface area contributed by atoms with Gasteiger partial charge in [-0.15, -0.1) is 12.4 Å². The van der Waals surface area contributed by atoms with E-state index in [1.807, 2.05) is 36.4 Å². The first-order valence-corrected chi connectivity index (χ1v) is 11.7. The molecule has 3 N–H and O–H groups in total. The van der Waals surface area contributed by atoms with Gasteiger partial charge < -0.3 is 20.7 Å². The zero-order valence-electron chi connectivity index (χ0n) is 20.3. The smallest absolute Gasteiger partial charge is 0.422 e. The molecule has 0 unspecified atom stereocenters. The van der Waals surface area contributed by atoms with Crippen molar-refractivity contribution in [3.8, 4) is 5.75 Å². The number of carbonyl (C=O) groups excluding carboxylic acids is 2. The minimum Gasteiger partial charge on any atom is -0.484 e. The number of rotatable bonds is 8. The predicted molar refractivity (Wildman–Crippen MR) is 139 cm³/mol. The molecule has 1 aliphatic heterocycles. The Morgan fingerprint density at radius 3 is 2.54 bits per heavy atom. The summed E-state index contributed by atoms with van der Waals surface area (Å²) >= 11 is 0. The van der Waals surface area contributed by atoms with Gasteiger partial charge in [-0.3, -0.25) is 9.59 Å². The van der Waals surface area contributed by atoms with Crippen LogP contribution in [0.25, 0.3) is 10.8 Å². The van der Waals surface area contributed by atoms with Gasteiger partial charge in [-0.1, -0.05) is 48.5 Å². The molecule has 3 aromatic rings. The Balaban J connectivity index is 0.00000380. The fourth-order valence-electron chi connectivity index (χ4n) is 4.75. The van der Waals surface area contributed by atoms with Crippen LogP contribution in [0.2, 0.25) is 0 Å². The van der Waals surface area contributed by atoms with E-state index in [0.29, 0.717) is 29.5 Å². The second-order valence-electron chi connectivity index (χ2n) is 8.94. The highest BCUT2D eigenvalue weighted by Crippen LogP contribution is 2.36. The third-order valence-corrected chi connectivity index (χ3v) is 6.58.